The Morgan fingerprint density at radius 1 is 1.47 bits per heavy atom. The third kappa shape index (κ3) is 5.50. The molecule has 3 unspecified atom stereocenters. The van der Waals surface area contributed by atoms with Crippen molar-refractivity contribution in [3.63, 3.8) is 0 Å². The maximum atomic E-state index is 11.7. The number of methoxy groups -OCH3 is 1. The standard InChI is InChI=1S/C13H26N2O2/c1-10-5-4-6-12(9-10)15-11(2)13(16)14-7-8-17-3/h10-12,15H,4-9H2,1-3H3,(H,14,16). The van der Waals surface area contributed by atoms with Crippen molar-refractivity contribution < 1.29 is 9.53 Å². The van der Waals surface area contributed by atoms with Crippen molar-refractivity contribution >= 4 is 5.91 Å². The van der Waals surface area contributed by atoms with Crippen molar-refractivity contribution in [1.29, 1.82) is 0 Å². The predicted octanol–water partition coefficient (Wildman–Crippen LogP) is 1.31. The molecule has 1 saturated carbocycles. The van der Waals surface area contributed by atoms with Crippen LogP contribution in [-0.2, 0) is 9.53 Å². The smallest absolute Gasteiger partial charge is 0.236 e. The quantitative estimate of drug-likeness (QED) is 0.690. The zero-order valence-electron chi connectivity index (χ0n) is 11.3. The predicted molar refractivity (Wildman–Crippen MR) is 68.9 cm³/mol. The minimum Gasteiger partial charge on any atom is -0.383 e. The number of rotatable bonds is 6. The van der Waals surface area contributed by atoms with Crippen molar-refractivity contribution in [2.45, 2.75) is 51.6 Å². The van der Waals surface area contributed by atoms with E-state index in [1.54, 1.807) is 7.11 Å². The van der Waals surface area contributed by atoms with Crippen LogP contribution < -0.4 is 10.6 Å². The molecular weight excluding hydrogens is 216 g/mol. The summed E-state index contributed by atoms with van der Waals surface area (Å²) in [5, 5.41) is 6.28. The van der Waals surface area contributed by atoms with Gasteiger partial charge in [0, 0.05) is 19.7 Å². The third-order valence-electron chi connectivity index (χ3n) is 3.42. The highest BCUT2D eigenvalue weighted by molar-refractivity contribution is 5.81. The van der Waals surface area contributed by atoms with Crippen molar-refractivity contribution in [1.82, 2.24) is 10.6 Å². The van der Waals surface area contributed by atoms with Crippen molar-refractivity contribution in [2.24, 2.45) is 5.92 Å². The van der Waals surface area contributed by atoms with Gasteiger partial charge < -0.3 is 15.4 Å². The second-order valence-corrected chi connectivity index (χ2v) is 5.14. The van der Waals surface area contributed by atoms with Crippen LogP contribution in [0.25, 0.3) is 0 Å². The summed E-state index contributed by atoms with van der Waals surface area (Å²) in [5.74, 6) is 0.852. The number of amides is 1. The van der Waals surface area contributed by atoms with Crippen LogP contribution in [0.3, 0.4) is 0 Å². The third-order valence-corrected chi connectivity index (χ3v) is 3.42. The van der Waals surface area contributed by atoms with Crippen molar-refractivity contribution in [3.05, 3.63) is 0 Å². The fraction of sp³-hybridized carbons (Fsp3) is 0.923. The summed E-state index contributed by atoms with van der Waals surface area (Å²) >= 11 is 0. The van der Waals surface area contributed by atoms with E-state index in [2.05, 4.69) is 17.6 Å². The Bertz CT molecular complexity index is 233. The van der Waals surface area contributed by atoms with E-state index < -0.39 is 0 Å². The van der Waals surface area contributed by atoms with Gasteiger partial charge in [-0.05, 0) is 25.7 Å². The molecule has 0 saturated heterocycles. The summed E-state index contributed by atoms with van der Waals surface area (Å²) in [6.07, 6.45) is 4.99. The summed E-state index contributed by atoms with van der Waals surface area (Å²) in [7, 11) is 1.64. The molecule has 0 aromatic rings. The van der Waals surface area contributed by atoms with E-state index in [-0.39, 0.29) is 11.9 Å². The van der Waals surface area contributed by atoms with Gasteiger partial charge in [0.15, 0.2) is 0 Å². The Balaban J connectivity index is 2.22. The van der Waals surface area contributed by atoms with Gasteiger partial charge in [0.1, 0.15) is 0 Å². The molecule has 1 aliphatic rings. The molecule has 0 aliphatic heterocycles. The zero-order valence-corrected chi connectivity index (χ0v) is 11.3. The van der Waals surface area contributed by atoms with Crippen LogP contribution in [-0.4, -0.2) is 38.3 Å². The van der Waals surface area contributed by atoms with Crippen LogP contribution in [0, 0.1) is 5.92 Å². The topological polar surface area (TPSA) is 50.4 Å². The average Bonchev–Trinajstić information content (AvgIpc) is 2.29. The summed E-state index contributed by atoms with van der Waals surface area (Å²) < 4.78 is 4.90. The van der Waals surface area contributed by atoms with Crippen LogP contribution in [0.15, 0.2) is 0 Å². The molecule has 1 amide bonds. The maximum absolute atomic E-state index is 11.7. The van der Waals surface area contributed by atoms with E-state index in [9.17, 15) is 4.79 Å². The van der Waals surface area contributed by atoms with Crippen LogP contribution in [0.4, 0.5) is 0 Å². The average molecular weight is 242 g/mol. The van der Waals surface area contributed by atoms with Crippen LogP contribution in [0.1, 0.15) is 39.5 Å². The SMILES string of the molecule is COCCNC(=O)C(C)NC1CCCC(C)C1. The Morgan fingerprint density at radius 2 is 2.24 bits per heavy atom. The highest BCUT2D eigenvalue weighted by Crippen LogP contribution is 2.23. The van der Waals surface area contributed by atoms with E-state index in [1.165, 1.54) is 25.7 Å². The van der Waals surface area contributed by atoms with Gasteiger partial charge in [0.25, 0.3) is 0 Å². The minimum absolute atomic E-state index is 0.0697. The Morgan fingerprint density at radius 3 is 2.88 bits per heavy atom. The summed E-state index contributed by atoms with van der Waals surface area (Å²) in [6, 6.07) is 0.393. The van der Waals surface area contributed by atoms with Crippen molar-refractivity contribution in [2.75, 3.05) is 20.3 Å². The first kappa shape index (κ1) is 14.5. The second-order valence-electron chi connectivity index (χ2n) is 5.14. The van der Waals surface area contributed by atoms with Crippen LogP contribution in [0.2, 0.25) is 0 Å². The van der Waals surface area contributed by atoms with Gasteiger partial charge in [-0.3, -0.25) is 4.79 Å². The van der Waals surface area contributed by atoms with Crippen molar-refractivity contribution in [3.8, 4) is 0 Å². The fourth-order valence-corrected chi connectivity index (χ4v) is 2.44. The highest BCUT2D eigenvalue weighted by Gasteiger charge is 2.22. The molecule has 17 heavy (non-hydrogen) atoms. The second kappa shape index (κ2) is 7.67. The first-order chi connectivity index (χ1) is 8.13. The highest BCUT2D eigenvalue weighted by atomic mass is 16.5. The number of nitrogens with one attached hydrogen (secondary N) is 2. The normalized spacial score (nSPS) is 26.5. The monoisotopic (exact) mass is 242 g/mol. The minimum atomic E-state index is -0.109. The lowest BCUT2D eigenvalue weighted by Crippen LogP contribution is -2.48. The summed E-state index contributed by atoms with van der Waals surface area (Å²) in [4.78, 5) is 11.7. The van der Waals surface area contributed by atoms with E-state index in [0.717, 1.165) is 5.92 Å². The maximum Gasteiger partial charge on any atom is 0.236 e. The molecule has 4 nitrogen and oxygen atoms in total. The first-order valence-corrected chi connectivity index (χ1v) is 6.66. The molecule has 1 rings (SSSR count). The first-order valence-electron chi connectivity index (χ1n) is 6.66. The molecule has 0 radical (unpaired) electrons. The Labute approximate surface area is 104 Å². The molecule has 0 heterocycles. The molecule has 1 fully saturated rings. The number of hydrogen-bond donors (Lipinski definition) is 2. The van der Waals surface area contributed by atoms with E-state index in [4.69, 9.17) is 4.74 Å². The lowest BCUT2D eigenvalue weighted by molar-refractivity contribution is -0.123. The van der Waals surface area contributed by atoms with Gasteiger partial charge in [0.05, 0.1) is 12.6 Å². The molecule has 4 heteroatoms. The van der Waals surface area contributed by atoms with Crippen LogP contribution >= 0.6 is 0 Å². The molecule has 0 aromatic carbocycles. The molecule has 0 spiro atoms. The number of carbonyl (C=O) groups excluding carboxylic acids is 1. The molecule has 100 valence electrons. The van der Waals surface area contributed by atoms with Crippen LogP contribution in [0.5, 0.6) is 0 Å². The lowest BCUT2D eigenvalue weighted by Gasteiger charge is -2.29. The zero-order chi connectivity index (χ0) is 12.7. The van der Waals surface area contributed by atoms with Gasteiger partial charge in [-0.25, -0.2) is 0 Å². The van der Waals surface area contributed by atoms with E-state index in [0.29, 0.717) is 19.2 Å². The van der Waals surface area contributed by atoms with E-state index in [1.807, 2.05) is 6.92 Å². The molecule has 0 aromatic heterocycles. The molecule has 1 aliphatic carbocycles. The van der Waals surface area contributed by atoms with E-state index >= 15 is 0 Å². The van der Waals surface area contributed by atoms with Gasteiger partial charge in [0.2, 0.25) is 5.91 Å². The fourth-order valence-electron chi connectivity index (χ4n) is 2.44. The lowest BCUT2D eigenvalue weighted by atomic mass is 9.87. The molecule has 0 bridgehead atoms. The molecule has 2 N–H and O–H groups in total. The van der Waals surface area contributed by atoms with Gasteiger partial charge in [-0.15, -0.1) is 0 Å². The van der Waals surface area contributed by atoms with Gasteiger partial charge in [-0.1, -0.05) is 19.8 Å². The van der Waals surface area contributed by atoms with Gasteiger partial charge in [-0.2, -0.15) is 0 Å². The Kier molecular flexibility index (Phi) is 6.52. The summed E-state index contributed by atoms with van der Waals surface area (Å²) in [5.41, 5.74) is 0. The summed E-state index contributed by atoms with van der Waals surface area (Å²) in [6.45, 7) is 5.37. The van der Waals surface area contributed by atoms with Gasteiger partial charge >= 0.3 is 0 Å². The number of ether oxygens (including phenoxy) is 1. The molecular formula is C13H26N2O2. The number of carbonyl (C=O) groups is 1. The Hall–Kier alpha value is -0.610. The number of hydrogen-bond acceptors (Lipinski definition) is 3. The largest absolute Gasteiger partial charge is 0.383 e. The molecule has 3 atom stereocenters.